The Bertz CT molecular complexity index is 336. The maximum absolute atomic E-state index is 10.3. The first-order valence-electron chi connectivity index (χ1n) is 4.34. The van der Waals surface area contributed by atoms with Crippen LogP contribution in [-0.4, -0.2) is 71.6 Å². The van der Waals surface area contributed by atoms with E-state index in [2.05, 4.69) is 0 Å². The Labute approximate surface area is 99.6 Å². The van der Waals surface area contributed by atoms with E-state index in [0.29, 0.717) is 4.48 Å². The first kappa shape index (κ1) is 18.6. The van der Waals surface area contributed by atoms with Crippen LogP contribution in [0.1, 0.15) is 6.42 Å². The number of likely N-dealkylation sites (N-methyl/N-ethyl adjacent to an activating group) is 1. The summed E-state index contributed by atoms with van der Waals surface area (Å²) in [5.41, 5.74) is 3.74. The van der Waals surface area contributed by atoms with Crippen LogP contribution in [0.5, 0.6) is 0 Å². The van der Waals surface area contributed by atoms with Crippen molar-refractivity contribution in [3.8, 4) is 0 Å². The molecule has 0 amide bonds. The molecule has 104 valence electrons. The highest BCUT2D eigenvalue weighted by atomic mass is 32.3. The summed E-state index contributed by atoms with van der Waals surface area (Å²) in [7, 11) is 0.582. The first-order valence-corrected chi connectivity index (χ1v) is 5.71. The number of carboxylic acid groups (broad SMARTS) is 1. The van der Waals surface area contributed by atoms with Gasteiger partial charge in [0.25, 0.3) is 0 Å². The van der Waals surface area contributed by atoms with Gasteiger partial charge in [0.15, 0.2) is 5.72 Å². The van der Waals surface area contributed by atoms with Crippen LogP contribution in [0.15, 0.2) is 0 Å². The van der Waals surface area contributed by atoms with Crippen LogP contribution in [0, 0.1) is 0 Å². The van der Waals surface area contributed by atoms with Crippen LogP contribution in [0.3, 0.4) is 0 Å². The number of aliphatic carboxylic acids is 1. The molecule has 0 bridgehead atoms. The Balaban J connectivity index is 0. The Morgan fingerprint density at radius 1 is 1.41 bits per heavy atom. The van der Waals surface area contributed by atoms with Gasteiger partial charge in [0, 0.05) is 0 Å². The van der Waals surface area contributed by atoms with E-state index in [0.717, 1.165) is 0 Å². The summed E-state index contributed by atoms with van der Waals surface area (Å²) in [6.07, 6.45) is -0.428. The molecule has 17 heavy (non-hydrogen) atoms. The fourth-order valence-corrected chi connectivity index (χ4v) is 1.14. The minimum Gasteiger partial charge on any atom is -0.726 e. The van der Waals surface area contributed by atoms with E-state index in [1.165, 1.54) is 0 Å². The van der Waals surface area contributed by atoms with Crippen LogP contribution in [0.25, 0.3) is 0 Å². The van der Waals surface area contributed by atoms with Gasteiger partial charge in [-0.25, -0.2) is 8.42 Å². The lowest BCUT2D eigenvalue weighted by atomic mass is 10.1. The zero-order chi connectivity index (χ0) is 14.5. The normalized spacial score (nSPS) is 15.5. The smallest absolute Gasteiger partial charge is 0.307 e. The predicted octanol–water partition coefficient (Wildman–Crippen LogP) is -2.18. The van der Waals surface area contributed by atoms with E-state index in [4.69, 9.17) is 28.4 Å². The number of hydrogen-bond acceptors (Lipinski definition) is 6. The lowest BCUT2D eigenvalue weighted by molar-refractivity contribution is -0.877. The van der Waals surface area contributed by atoms with E-state index >= 15 is 0 Å². The Morgan fingerprint density at radius 2 is 1.71 bits per heavy atom. The summed E-state index contributed by atoms with van der Waals surface area (Å²) >= 11 is 0. The molecule has 0 spiro atoms. The molecule has 0 rings (SSSR count). The summed E-state index contributed by atoms with van der Waals surface area (Å²) in [5.74, 6) is -1.09. The van der Waals surface area contributed by atoms with Gasteiger partial charge in [-0.2, -0.15) is 0 Å². The Morgan fingerprint density at radius 3 is 1.88 bits per heavy atom. The molecule has 0 radical (unpaired) electrons. The minimum absolute atomic E-state index is 0.208. The van der Waals surface area contributed by atoms with E-state index < -0.39 is 28.5 Å². The quantitative estimate of drug-likeness (QED) is 0.195. The summed E-state index contributed by atoms with van der Waals surface area (Å²) in [6.45, 7) is 0.208. The van der Waals surface area contributed by atoms with Crippen molar-refractivity contribution < 1.29 is 37.0 Å². The van der Waals surface area contributed by atoms with E-state index in [1.807, 2.05) is 21.1 Å². The van der Waals surface area contributed by atoms with Crippen LogP contribution in [-0.2, 0) is 15.2 Å². The zero-order valence-electron chi connectivity index (χ0n) is 9.82. The number of carbonyl (C=O) groups is 1. The van der Waals surface area contributed by atoms with Crippen molar-refractivity contribution in [2.75, 3.05) is 27.7 Å². The average Bonchev–Trinajstić information content (AvgIpc) is 1.68. The molecule has 9 nitrogen and oxygen atoms in total. The van der Waals surface area contributed by atoms with E-state index in [1.54, 1.807) is 0 Å². The van der Waals surface area contributed by atoms with Gasteiger partial charge in [-0.15, -0.1) is 0 Å². The topological polar surface area (TPSA) is 161 Å². The summed E-state index contributed by atoms with van der Waals surface area (Å²) < 4.78 is 33.3. The Hall–Kier alpha value is -0.780. The minimum atomic E-state index is -4.92. The first-order chi connectivity index (χ1) is 7.12. The van der Waals surface area contributed by atoms with Crippen molar-refractivity contribution in [1.82, 2.24) is 0 Å². The van der Waals surface area contributed by atoms with Gasteiger partial charge in [0.2, 0.25) is 10.4 Å². The second kappa shape index (κ2) is 6.23. The second-order valence-electron chi connectivity index (χ2n) is 4.55. The highest BCUT2D eigenvalue weighted by Crippen LogP contribution is 2.06. The van der Waals surface area contributed by atoms with Gasteiger partial charge in [-0.05, 0) is 0 Å². The number of carboxylic acids is 1. The summed E-state index contributed by atoms with van der Waals surface area (Å²) in [6, 6.07) is 0. The molecular weight excluding hydrogens is 256 g/mol. The van der Waals surface area contributed by atoms with Crippen LogP contribution >= 0.6 is 0 Å². The molecule has 0 aromatic carbocycles. The van der Waals surface area contributed by atoms with E-state index in [9.17, 15) is 9.90 Å². The van der Waals surface area contributed by atoms with Gasteiger partial charge in [0.05, 0.1) is 27.6 Å². The van der Waals surface area contributed by atoms with Gasteiger partial charge in [-0.3, -0.25) is 15.1 Å². The lowest BCUT2D eigenvalue weighted by Crippen LogP contribution is -2.55. The number of hydrogen-bond donors (Lipinski definition) is 4. The third kappa shape index (κ3) is 25.5. The van der Waals surface area contributed by atoms with Gasteiger partial charge in [0.1, 0.15) is 6.54 Å². The van der Waals surface area contributed by atoms with Crippen LogP contribution in [0.2, 0.25) is 0 Å². The van der Waals surface area contributed by atoms with Crippen molar-refractivity contribution in [2.45, 2.75) is 12.1 Å². The number of nitrogens with two attached hydrogens (primary N) is 1. The van der Waals surface area contributed by atoms with Gasteiger partial charge in [-0.1, -0.05) is 0 Å². The number of nitrogens with zero attached hydrogens (tertiary/aromatic N) is 1. The lowest BCUT2D eigenvalue weighted by Gasteiger charge is -2.31. The molecule has 0 aliphatic carbocycles. The van der Waals surface area contributed by atoms with Crippen molar-refractivity contribution >= 4 is 16.4 Å². The highest BCUT2D eigenvalue weighted by molar-refractivity contribution is 7.79. The SMILES string of the molecule is C[N+](C)(C)CC(N)(O)CC(=O)O.O=S(=O)([O-])O. The molecule has 1 unspecified atom stereocenters. The maximum atomic E-state index is 10.3. The van der Waals surface area contributed by atoms with Crippen LogP contribution in [0.4, 0.5) is 0 Å². The molecule has 1 atom stereocenters. The molecule has 0 heterocycles. The Kier molecular flexibility index (Phi) is 6.81. The van der Waals surface area contributed by atoms with Crippen molar-refractivity contribution in [3.05, 3.63) is 0 Å². The molecule has 0 aromatic rings. The molecular formula is C7H18N2O7S. The monoisotopic (exact) mass is 274 g/mol. The number of quaternary nitrogens is 1. The highest BCUT2D eigenvalue weighted by Gasteiger charge is 2.31. The molecule has 5 N–H and O–H groups in total. The van der Waals surface area contributed by atoms with Crippen molar-refractivity contribution in [1.29, 1.82) is 0 Å². The molecule has 0 saturated carbocycles. The fraction of sp³-hybridized carbons (Fsp3) is 0.857. The zero-order valence-corrected chi connectivity index (χ0v) is 10.6. The third-order valence-electron chi connectivity index (χ3n) is 1.21. The second-order valence-corrected chi connectivity index (χ2v) is 5.41. The molecule has 0 aliphatic heterocycles. The molecule has 10 heteroatoms. The average molecular weight is 274 g/mol. The van der Waals surface area contributed by atoms with Crippen LogP contribution < -0.4 is 5.73 Å². The maximum Gasteiger partial charge on any atom is 0.307 e. The molecule has 0 saturated heterocycles. The van der Waals surface area contributed by atoms with E-state index in [-0.39, 0.29) is 6.54 Å². The largest absolute Gasteiger partial charge is 0.726 e. The van der Waals surface area contributed by atoms with Gasteiger partial charge >= 0.3 is 5.97 Å². The summed E-state index contributed by atoms with van der Waals surface area (Å²) in [5, 5.41) is 17.8. The fourth-order valence-electron chi connectivity index (χ4n) is 1.14. The van der Waals surface area contributed by atoms with Crippen molar-refractivity contribution in [2.24, 2.45) is 5.73 Å². The molecule has 0 aromatic heterocycles. The van der Waals surface area contributed by atoms with Gasteiger partial charge < -0.3 is 19.2 Å². The van der Waals surface area contributed by atoms with Crippen molar-refractivity contribution in [3.63, 3.8) is 0 Å². The number of rotatable bonds is 4. The predicted molar refractivity (Wildman–Crippen MR) is 56.6 cm³/mol. The number of aliphatic hydroxyl groups is 1. The summed E-state index contributed by atoms with van der Waals surface area (Å²) in [4.78, 5) is 10.3. The third-order valence-corrected chi connectivity index (χ3v) is 1.21. The standard InChI is InChI=1S/C7H16N2O3.H2O4S/c1-9(2,3)5-7(8,12)4-6(10)11;1-5(2,3)4/h12H,4-5,8H2,1-3H3;(H2,1,2,3,4). The molecule has 0 aliphatic rings. The molecule has 0 fully saturated rings.